The lowest BCUT2D eigenvalue weighted by atomic mass is 9.85. The molecule has 1 saturated carbocycles. The van der Waals surface area contributed by atoms with Gasteiger partial charge in [-0.15, -0.1) is 0 Å². The van der Waals surface area contributed by atoms with Crippen molar-refractivity contribution in [3.05, 3.63) is 23.8 Å². The van der Waals surface area contributed by atoms with E-state index in [1.54, 1.807) is 6.07 Å². The molecule has 1 aliphatic rings. The maximum absolute atomic E-state index is 11.8. The highest BCUT2D eigenvalue weighted by atomic mass is 16.5. The van der Waals surface area contributed by atoms with Gasteiger partial charge in [-0.1, -0.05) is 6.42 Å². The smallest absolute Gasteiger partial charge is 0.335 e. The lowest BCUT2D eigenvalue weighted by Gasteiger charge is -2.24. The van der Waals surface area contributed by atoms with Crippen LogP contribution in [0.2, 0.25) is 0 Å². The lowest BCUT2D eigenvalue weighted by Crippen LogP contribution is -2.28. The SMILES string of the molecule is COc1ccc(C(=O)O)cc1NC(=O)C1CCC1. The predicted octanol–water partition coefficient (Wildman–Crippen LogP) is 2.13. The fourth-order valence-corrected chi connectivity index (χ4v) is 1.84. The number of hydrogen-bond acceptors (Lipinski definition) is 3. The molecule has 0 heterocycles. The van der Waals surface area contributed by atoms with E-state index in [2.05, 4.69) is 5.32 Å². The van der Waals surface area contributed by atoms with Crippen LogP contribution in [0.5, 0.6) is 5.75 Å². The average molecular weight is 249 g/mol. The largest absolute Gasteiger partial charge is 0.495 e. The molecule has 1 fully saturated rings. The van der Waals surface area contributed by atoms with Gasteiger partial charge in [0.2, 0.25) is 5.91 Å². The zero-order valence-electron chi connectivity index (χ0n) is 10.1. The van der Waals surface area contributed by atoms with Gasteiger partial charge >= 0.3 is 5.97 Å². The molecular formula is C13H15NO4. The molecule has 0 spiro atoms. The van der Waals surface area contributed by atoms with Crippen molar-refractivity contribution in [3.8, 4) is 5.75 Å². The summed E-state index contributed by atoms with van der Waals surface area (Å²) in [6.07, 6.45) is 2.87. The number of nitrogens with one attached hydrogen (secondary N) is 1. The topological polar surface area (TPSA) is 75.6 Å². The highest BCUT2D eigenvalue weighted by molar-refractivity contribution is 5.96. The van der Waals surface area contributed by atoms with E-state index in [1.807, 2.05) is 0 Å². The number of hydrogen-bond donors (Lipinski definition) is 2. The van der Waals surface area contributed by atoms with E-state index in [0.29, 0.717) is 11.4 Å². The van der Waals surface area contributed by atoms with Gasteiger partial charge in [-0.2, -0.15) is 0 Å². The van der Waals surface area contributed by atoms with Crippen molar-refractivity contribution in [2.75, 3.05) is 12.4 Å². The molecule has 2 N–H and O–H groups in total. The normalized spacial score (nSPS) is 14.7. The molecule has 1 aliphatic carbocycles. The van der Waals surface area contributed by atoms with Crippen molar-refractivity contribution in [2.24, 2.45) is 5.92 Å². The summed E-state index contributed by atoms with van der Waals surface area (Å²) in [5.41, 5.74) is 0.536. The van der Waals surface area contributed by atoms with Crippen molar-refractivity contribution in [1.29, 1.82) is 0 Å². The molecule has 2 rings (SSSR count). The highest BCUT2D eigenvalue weighted by Gasteiger charge is 2.26. The van der Waals surface area contributed by atoms with Crippen LogP contribution in [0, 0.1) is 5.92 Å². The first-order valence-electron chi connectivity index (χ1n) is 5.84. The summed E-state index contributed by atoms with van der Waals surface area (Å²) in [5.74, 6) is -0.588. The van der Waals surface area contributed by atoms with Crippen LogP contribution in [0.1, 0.15) is 29.6 Å². The van der Waals surface area contributed by atoms with Crippen LogP contribution in [0.3, 0.4) is 0 Å². The summed E-state index contributed by atoms with van der Waals surface area (Å²) in [7, 11) is 1.48. The summed E-state index contributed by atoms with van der Waals surface area (Å²) in [6, 6.07) is 4.40. The Morgan fingerprint density at radius 2 is 2.11 bits per heavy atom. The van der Waals surface area contributed by atoms with Crippen LogP contribution < -0.4 is 10.1 Å². The molecule has 18 heavy (non-hydrogen) atoms. The number of anilines is 1. The first-order valence-corrected chi connectivity index (χ1v) is 5.84. The molecule has 96 valence electrons. The van der Waals surface area contributed by atoms with Gasteiger partial charge in [0.15, 0.2) is 0 Å². The molecule has 1 aromatic carbocycles. The molecule has 1 amide bonds. The third-order valence-electron chi connectivity index (χ3n) is 3.18. The Labute approximate surface area is 105 Å². The first-order chi connectivity index (χ1) is 8.61. The Hall–Kier alpha value is -2.04. The number of ether oxygens (including phenoxy) is 1. The van der Waals surface area contributed by atoms with Gasteiger partial charge in [0.05, 0.1) is 18.4 Å². The number of amides is 1. The van der Waals surface area contributed by atoms with Crippen molar-refractivity contribution in [3.63, 3.8) is 0 Å². The Bertz CT molecular complexity index is 480. The highest BCUT2D eigenvalue weighted by Crippen LogP contribution is 2.30. The molecule has 0 aliphatic heterocycles. The quantitative estimate of drug-likeness (QED) is 0.857. The zero-order chi connectivity index (χ0) is 13.1. The van der Waals surface area contributed by atoms with E-state index >= 15 is 0 Å². The second-order valence-corrected chi connectivity index (χ2v) is 4.34. The van der Waals surface area contributed by atoms with Crippen molar-refractivity contribution >= 4 is 17.6 Å². The molecular weight excluding hydrogens is 234 g/mol. The number of carbonyl (C=O) groups excluding carboxylic acids is 1. The monoisotopic (exact) mass is 249 g/mol. The van der Waals surface area contributed by atoms with Crippen molar-refractivity contribution < 1.29 is 19.4 Å². The van der Waals surface area contributed by atoms with Gasteiger partial charge in [0.25, 0.3) is 0 Å². The number of rotatable bonds is 4. The molecule has 1 aromatic rings. The minimum Gasteiger partial charge on any atom is -0.495 e. The first kappa shape index (κ1) is 12.4. The lowest BCUT2D eigenvalue weighted by molar-refractivity contribution is -0.122. The third kappa shape index (κ3) is 2.45. The standard InChI is InChI=1S/C13H15NO4/c1-18-11-6-5-9(13(16)17)7-10(11)14-12(15)8-3-2-4-8/h5-8H,2-4H2,1H3,(H,14,15)(H,16,17). The van der Waals surface area contributed by atoms with Gasteiger partial charge in [0, 0.05) is 5.92 Å². The molecule has 0 saturated heterocycles. The van der Waals surface area contributed by atoms with Crippen molar-refractivity contribution in [1.82, 2.24) is 0 Å². The number of aromatic carboxylic acids is 1. The Kier molecular flexibility index (Phi) is 3.50. The van der Waals surface area contributed by atoms with E-state index in [0.717, 1.165) is 19.3 Å². The van der Waals surface area contributed by atoms with Crippen LogP contribution >= 0.6 is 0 Å². The summed E-state index contributed by atoms with van der Waals surface area (Å²) in [4.78, 5) is 22.7. The van der Waals surface area contributed by atoms with E-state index in [9.17, 15) is 9.59 Å². The predicted molar refractivity (Wildman–Crippen MR) is 65.9 cm³/mol. The number of carboxylic acids is 1. The minimum absolute atomic E-state index is 0.0446. The van der Waals surface area contributed by atoms with Crippen molar-refractivity contribution in [2.45, 2.75) is 19.3 Å². The molecule has 0 unspecified atom stereocenters. The van der Waals surface area contributed by atoms with Crippen LogP contribution in [-0.2, 0) is 4.79 Å². The van der Waals surface area contributed by atoms with E-state index in [-0.39, 0.29) is 17.4 Å². The third-order valence-corrected chi connectivity index (χ3v) is 3.18. The molecule has 0 aromatic heterocycles. The molecule has 0 atom stereocenters. The number of methoxy groups -OCH3 is 1. The average Bonchev–Trinajstić information content (AvgIpc) is 2.26. The van der Waals surface area contributed by atoms with Crippen LogP contribution in [0.4, 0.5) is 5.69 Å². The van der Waals surface area contributed by atoms with E-state index < -0.39 is 5.97 Å². The minimum atomic E-state index is -1.03. The van der Waals surface area contributed by atoms with Gasteiger partial charge in [0.1, 0.15) is 5.75 Å². The van der Waals surface area contributed by atoms with Crippen LogP contribution in [0.15, 0.2) is 18.2 Å². The molecule has 5 heteroatoms. The van der Waals surface area contributed by atoms with Crippen LogP contribution in [0.25, 0.3) is 0 Å². The van der Waals surface area contributed by atoms with E-state index in [1.165, 1.54) is 19.2 Å². The Balaban J connectivity index is 2.20. The molecule has 0 radical (unpaired) electrons. The van der Waals surface area contributed by atoms with E-state index in [4.69, 9.17) is 9.84 Å². The number of carboxylic acid groups (broad SMARTS) is 1. The number of benzene rings is 1. The van der Waals surface area contributed by atoms with Crippen LogP contribution in [-0.4, -0.2) is 24.1 Å². The summed E-state index contributed by atoms with van der Waals surface area (Å²) in [6.45, 7) is 0. The maximum Gasteiger partial charge on any atom is 0.335 e. The maximum atomic E-state index is 11.8. The fourth-order valence-electron chi connectivity index (χ4n) is 1.84. The van der Waals surface area contributed by atoms with Gasteiger partial charge < -0.3 is 15.2 Å². The van der Waals surface area contributed by atoms with Gasteiger partial charge in [-0.25, -0.2) is 4.79 Å². The molecule has 0 bridgehead atoms. The van der Waals surface area contributed by atoms with Gasteiger partial charge in [-0.05, 0) is 31.0 Å². The number of carbonyl (C=O) groups is 2. The Morgan fingerprint density at radius 3 is 2.61 bits per heavy atom. The molecule has 5 nitrogen and oxygen atoms in total. The second-order valence-electron chi connectivity index (χ2n) is 4.34. The Morgan fingerprint density at radius 1 is 1.39 bits per heavy atom. The zero-order valence-corrected chi connectivity index (χ0v) is 10.1. The summed E-state index contributed by atoms with van der Waals surface area (Å²) < 4.78 is 5.10. The summed E-state index contributed by atoms with van der Waals surface area (Å²) >= 11 is 0. The second kappa shape index (κ2) is 5.08. The fraction of sp³-hybridized carbons (Fsp3) is 0.385. The summed E-state index contributed by atoms with van der Waals surface area (Å²) in [5, 5.41) is 11.7. The van der Waals surface area contributed by atoms with Gasteiger partial charge in [-0.3, -0.25) is 4.79 Å².